The lowest BCUT2D eigenvalue weighted by atomic mass is 10.0. The maximum Gasteiger partial charge on any atom is 0.129 e. The Hall–Kier alpha value is -1.57. The zero-order valence-corrected chi connectivity index (χ0v) is 7.08. The lowest BCUT2D eigenvalue weighted by Gasteiger charge is -2.16. The Kier molecular flexibility index (Phi) is 1.30. The normalized spacial score (nSPS) is 14.2. The first-order valence-electron chi connectivity index (χ1n) is 4.36. The summed E-state index contributed by atoms with van der Waals surface area (Å²) in [5.74, 6) is 0.947. The molecule has 1 aliphatic heterocycles. The first kappa shape index (κ1) is 6.89. The second-order valence-electron chi connectivity index (χ2n) is 3.13. The number of hydrogen-bond acceptors (Lipinski definition) is 2. The minimum atomic E-state index is 0.774. The van der Waals surface area contributed by atoms with E-state index < -0.39 is 0 Å². The summed E-state index contributed by atoms with van der Waals surface area (Å²) >= 11 is 0. The molecule has 0 unspecified atom stereocenters. The van der Waals surface area contributed by atoms with E-state index in [0.29, 0.717) is 0 Å². The highest BCUT2D eigenvalue weighted by Gasteiger charge is 2.12. The van der Waals surface area contributed by atoms with Crippen LogP contribution in [0.15, 0.2) is 24.4 Å². The summed E-state index contributed by atoms with van der Waals surface area (Å²) in [7, 11) is 0. The molecule has 1 aromatic heterocycles. The van der Waals surface area contributed by atoms with E-state index in [4.69, 9.17) is 4.74 Å². The van der Waals surface area contributed by atoms with Gasteiger partial charge in [0.15, 0.2) is 0 Å². The van der Waals surface area contributed by atoms with E-state index in [2.05, 4.69) is 17.1 Å². The van der Waals surface area contributed by atoms with Crippen LogP contribution in [0, 0.1) is 6.07 Å². The van der Waals surface area contributed by atoms with Crippen LogP contribution < -0.4 is 4.74 Å². The number of rotatable bonds is 0. The van der Waals surface area contributed by atoms with Crippen molar-refractivity contribution in [2.24, 2.45) is 0 Å². The van der Waals surface area contributed by atoms with E-state index in [0.717, 1.165) is 29.7 Å². The highest BCUT2D eigenvalue weighted by molar-refractivity contribution is 5.88. The first-order chi connectivity index (χ1) is 6.45. The number of hydrogen-bond donors (Lipinski definition) is 0. The van der Waals surface area contributed by atoms with Gasteiger partial charge in [0.1, 0.15) is 5.75 Å². The average Bonchev–Trinajstić information content (AvgIpc) is 2.19. The molecule has 2 heteroatoms. The molecule has 0 atom stereocenters. The third-order valence-corrected chi connectivity index (χ3v) is 2.37. The van der Waals surface area contributed by atoms with Crippen molar-refractivity contribution < 1.29 is 4.74 Å². The largest absolute Gasteiger partial charge is 0.493 e. The smallest absolute Gasteiger partial charge is 0.129 e. The maximum atomic E-state index is 5.54. The molecule has 0 saturated heterocycles. The molecule has 0 amide bonds. The molecule has 1 aliphatic rings. The fourth-order valence-corrected chi connectivity index (χ4v) is 1.77. The summed E-state index contributed by atoms with van der Waals surface area (Å²) < 4.78 is 5.54. The Morgan fingerprint density at radius 3 is 3.38 bits per heavy atom. The van der Waals surface area contributed by atoms with E-state index >= 15 is 0 Å². The number of aromatic nitrogens is 1. The van der Waals surface area contributed by atoms with Crippen molar-refractivity contribution in [1.29, 1.82) is 0 Å². The molecular formula is C11H8NO. The fraction of sp³-hybridized carbons (Fsp3) is 0.182. The van der Waals surface area contributed by atoms with Gasteiger partial charge in [-0.1, -0.05) is 0 Å². The second kappa shape index (κ2) is 2.46. The third kappa shape index (κ3) is 0.917. The molecule has 0 spiro atoms. The fourth-order valence-electron chi connectivity index (χ4n) is 1.77. The molecule has 0 aliphatic carbocycles. The summed E-state index contributed by atoms with van der Waals surface area (Å²) in [6, 6.07) is 8.98. The van der Waals surface area contributed by atoms with Crippen molar-refractivity contribution in [3.63, 3.8) is 0 Å². The van der Waals surface area contributed by atoms with Gasteiger partial charge >= 0.3 is 0 Å². The summed E-state index contributed by atoms with van der Waals surface area (Å²) in [4.78, 5) is 4.25. The predicted molar refractivity (Wildman–Crippen MR) is 49.8 cm³/mol. The number of nitrogens with zero attached hydrogens (tertiary/aromatic N) is 1. The van der Waals surface area contributed by atoms with Crippen molar-refractivity contribution in [3.8, 4) is 5.75 Å². The van der Waals surface area contributed by atoms with Crippen LogP contribution in [0.2, 0.25) is 0 Å². The quantitative estimate of drug-likeness (QED) is 0.603. The van der Waals surface area contributed by atoms with Gasteiger partial charge in [0.05, 0.1) is 12.1 Å². The minimum Gasteiger partial charge on any atom is -0.493 e. The van der Waals surface area contributed by atoms with Crippen molar-refractivity contribution in [1.82, 2.24) is 4.98 Å². The lowest BCUT2D eigenvalue weighted by molar-refractivity contribution is 0.318. The SMILES string of the molecule is [c]1ccc2c3c(ccnc13)CCO2. The van der Waals surface area contributed by atoms with Gasteiger partial charge in [-0.3, -0.25) is 4.98 Å². The van der Waals surface area contributed by atoms with Gasteiger partial charge in [0, 0.05) is 24.1 Å². The van der Waals surface area contributed by atoms with Crippen LogP contribution in [0.4, 0.5) is 0 Å². The summed E-state index contributed by atoms with van der Waals surface area (Å²) in [5.41, 5.74) is 2.23. The zero-order chi connectivity index (χ0) is 8.67. The lowest BCUT2D eigenvalue weighted by Crippen LogP contribution is -2.08. The standard InChI is InChI=1S/C11H8NO/c1-2-9-11-8(4-6-12-9)5-7-13-10(11)3-1/h1,3-4,6H,5,7H2. The Morgan fingerprint density at radius 2 is 2.38 bits per heavy atom. The van der Waals surface area contributed by atoms with Gasteiger partial charge in [-0.05, 0) is 23.8 Å². The Bertz CT molecular complexity index is 426. The number of pyridine rings is 1. The van der Waals surface area contributed by atoms with Crippen LogP contribution in [0.3, 0.4) is 0 Å². The van der Waals surface area contributed by atoms with E-state index in [-0.39, 0.29) is 0 Å². The van der Waals surface area contributed by atoms with E-state index in [1.54, 1.807) is 0 Å². The van der Waals surface area contributed by atoms with Gasteiger partial charge in [-0.25, -0.2) is 0 Å². The van der Waals surface area contributed by atoms with E-state index in [1.807, 2.05) is 18.3 Å². The molecule has 3 rings (SSSR count). The highest BCUT2D eigenvalue weighted by Crippen LogP contribution is 2.30. The molecule has 2 aromatic rings. The van der Waals surface area contributed by atoms with Gasteiger partial charge in [-0.15, -0.1) is 0 Å². The van der Waals surface area contributed by atoms with Crippen LogP contribution in [0.5, 0.6) is 5.75 Å². The van der Waals surface area contributed by atoms with Crippen molar-refractivity contribution in [2.45, 2.75) is 6.42 Å². The van der Waals surface area contributed by atoms with Crippen molar-refractivity contribution >= 4 is 10.9 Å². The molecule has 2 nitrogen and oxygen atoms in total. The van der Waals surface area contributed by atoms with Crippen LogP contribution in [0.1, 0.15) is 5.56 Å². The topological polar surface area (TPSA) is 22.1 Å². The van der Waals surface area contributed by atoms with E-state index in [1.165, 1.54) is 5.56 Å². The Balaban J connectivity index is 2.49. The molecule has 0 fully saturated rings. The van der Waals surface area contributed by atoms with Crippen molar-refractivity contribution in [2.75, 3.05) is 6.61 Å². The number of benzene rings is 1. The minimum absolute atomic E-state index is 0.774. The molecule has 13 heavy (non-hydrogen) atoms. The van der Waals surface area contributed by atoms with Crippen LogP contribution in [-0.4, -0.2) is 11.6 Å². The van der Waals surface area contributed by atoms with Gasteiger partial charge < -0.3 is 4.74 Å². The molecule has 63 valence electrons. The summed E-state index contributed by atoms with van der Waals surface area (Å²) in [6.45, 7) is 0.774. The highest BCUT2D eigenvalue weighted by atomic mass is 16.5. The summed E-state index contributed by atoms with van der Waals surface area (Å²) in [5, 5.41) is 1.14. The molecule has 0 bridgehead atoms. The van der Waals surface area contributed by atoms with Gasteiger partial charge in [0.25, 0.3) is 0 Å². The zero-order valence-electron chi connectivity index (χ0n) is 7.08. The van der Waals surface area contributed by atoms with E-state index in [9.17, 15) is 0 Å². The van der Waals surface area contributed by atoms with Crippen LogP contribution in [0.25, 0.3) is 10.9 Å². The predicted octanol–water partition coefficient (Wildman–Crippen LogP) is 1.97. The molecule has 1 radical (unpaired) electrons. The molecule has 0 saturated carbocycles. The summed E-state index contributed by atoms with van der Waals surface area (Å²) in [6.07, 6.45) is 2.81. The van der Waals surface area contributed by atoms with Crippen LogP contribution >= 0.6 is 0 Å². The molecule has 1 aromatic carbocycles. The Labute approximate surface area is 76.2 Å². The maximum absolute atomic E-state index is 5.54. The monoisotopic (exact) mass is 170 g/mol. The van der Waals surface area contributed by atoms with Gasteiger partial charge in [-0.2, -0.15) is 0 Å². The third-order valence-electron chi connectivity index (χ3n) is 2.37. The molecule has 0 N–H and O–H groups in total. The van der Waals surface area contributed by atoms with Crippen LogP contribution in [-0.2, 0) is 6.42 Å². The molecule has 2 heterocycles. The average molecular weight is 170 g/mol. The Morgan fingerprint density at radius 1 is 1.38 bits per heavy atom. The molecular weight excluding hydrogens is 162 g/mol. The van der Waals surface area contributed by atoms with Gasteiger partial charge in [0.2, 0.25) is 0 Å². The van der Waals surface area contributed by atoms with Crippen molar-refractivity contribution in [3.05, 3.63) is 36.0 Å². The second-order valence-corrected chi connectivity index (χ2v) is 3.13. The first-order valence-corrected chi connectivity index (χ1v) is 4.36. The number of ether oxygens (including phenoxy) is 1.